The van der Waals surface area contributed by atoms with E-state index in [1.807, 2.05) is 13.8 Å². The maximum absolute atomic E-state index is 13.0. The van der Waals surface area contributed by atoms with Gasteiger partial charge >= 0.3 is 0 Å². The number of carbonyl (C=O) groups excluding carboxylic acids is 2. The average molecular weight is 363 g/mol. The first-order chi connectivity index (χ1) is 12.9. The summed E-state index contributed by atoms with van der Waals surface area (Å²) in [7, 11) is 0. The second-order valence-corrected chi connectivity index (χ2v) is 6.83. The summed E-state index contributed by atoms with van der Waals surface area (Å²) in [4.78, 5) is 37.4. The number of Topliss-reactive ketones (excluding diaryl/α,β-unsaturated/α-hetero) is 1. The van der Waals surface area contributed by atoms with E-state index in [2.05, 4.69) is 10.4 Å². The van der Waals surface area contributed by atoms with Gasteiger partial charge in [0.2, 0.25) is 0 Å². The summed E-state index contributed by atoms with van der Waals surface area (Å²) >= 11 is 0. The van der Waals surface area contributed by atoms with E-state index in [-0.39, 0.29) is 23.0 Å². The molecule has 1 amide bonds. The Morgan fingerprint density at radius 1 is 1.04 bits per heavy atom. The van der Waals surface area contributed by atoms with Gasteiger partial charge in [0.15, 0.2) is 11.5 Å². The Kier molecular flexibility index (Phi) is 5.16. The molecule has 1 heterocycles. The van der Waals surface area contributed by atoms with Crippen LogP contribution >= 0.6 is 0 Å². The monoisotopic (exact) mass is 363 g/mol. The number of nitrogens with one attached hydrogen (secondary N) is 1. The van der Waals surface area contributed by atoms with Crippen LogP contribution in [0.5, 0.6) is 0 Å². The Labute approximate surface area is 156 Å². The Morgan fingerprint density at radius 3 is 2.33 bits per heavy atom. The largest absolute Gasteiger partial charge is 0.320 e. The minimum atomic E-state index is -0.461. The molecule has 0 bridgehead atoms. The molecule has 0 unspecified atom stereocenters. The van der Waals surface area contributed by atoms with E-state index >= 15 is 0 Å². The second kappa shape index (κ2) is 7.53. The molecular formula is C21H21N3O3. The zero-order valence-corrected chi connectivity index (χ0v) is 15.5. The maximum Gasteiger partial charge on any atom is 0.276 e. The van der Waals surface area contributed by atoms with Crippen LogP contribution in [0, 0.1) is 5.92 Å². The van der Waals surface area contributed by atoms with E-state index < -0.39 is 5.91 Å². The summed E-state index contributed by atoms with van der Waals surface area (Å²) in [6.07, 6.45) is 0. The molecule has 0 aliphatic heterocycles. The van der Waals surface area contributed by atoms with Crippen molar-refractivity contribution in [3.8, 4) is 0 Å². The zero-order chi connectivity index (χ0) is 19.6. The van der Waals surface area contributed by atoms with Crippen LogP contribution in [-0.4, -0.2) is 21.5 Å². The van der Waals surface area contributed by atoms with Crippen LogP contribution < -0.4 is 10.9 Å². The highest BCUT2D eigenvalue weighted by atomic mass is 16.2. The molecule has 0 spiro atoms. The van der Waals surface area contributed by atoms with E-state index in [0.717, 1.165) is 0 Å². The van der Waals surface area contributed by atoms with Gasteiger partial charge in [-0.3, -0.25) is 14.4 Å². The molecule has 0 aliphatic rings. The molecule has 0 saturated carbocycles. The number of amides is 1. The summed E-state index contributed by atoms with van der Waals surface area (Å²) in [5, 5.41) is 8.01. The van der Waals surface area contributed by atoms with Gasteiger partial charge in [-0.05, 0) is 31.0 Å². The van der Waals surface area contributed by atoms with Gasteiger partial charge in [-0.25, -0.2) is 4.68 Å². The number of para-hydroxylation sites is 1. The van der Waals surface area contributed by atoms with Gasteiger partial charge in [-0.15, -0.1) is 0 Å². The van der Waals surface area contributed by atoms with Crippen molar-refractivity contribution in [2.24, 2.45) is 5.92 Å². The van der Waals surface area contributed by atoms with Crippen molar-refractivity contribution in [2.45, 2.75) is 27.3 Å². The number of hydrogen-bond donors (Lipinski definition) is 1. The molecule has 0 saturated heterocycles. The van der Waals surface area contributed by atoms with Crippen molar-refractivity contribution in [1.82, 2.24) is 9.78 Å². The molecule has 27 heavy (non-hydrogen) atoms. The van der Waals surface area contributed by atoms with Gasteiger partial charge in [0.25, 0.3) is 11.5 Å². The third-order valence-corrected chi connectivity index (χ3v) is 4.18. The van der Waals surface area contributed by atoms with E-state index in [9.17, 15) is 14.4 Å². The van der Waals surface area contributed by atoms with Crippen molar-refractivity contribution >= 4 is 28.2 Å². The molecule has 6 nitrogen and oxygen atoms in total. The fourth-order valence-electron chi connectivity index (χ4n) is 2.95. The van der Waals surface area contributed by atoms with Gasteiger partial charge in [0, 0.05) is 17.5 Å². The summed E-state index contributed by atoms with van der Waals surface area (Å²) in [5.41, 5.74) is 0.775. The lowest BCUT2D eigenvalue weighted by Gasteiger charge is -2.13. The van der Waals surface area contributed by atoms with Crippen molar-refractivity contribution in [1.29, 1.82) is 0 Å². The molecule has 3 rings (SSSR count). The van der Waals surface area contributed by atoms with Crippen LogP contribution in [0.2, 0.25) is 0 Å². The highest BCUT2D eigenvalue weighted by Crippen LogP contribution is 2.19. The predicted octanol–water partition coefficient (Wildman–Crippen LogP) is 3.51. The molecule has 0 radical (unpaired) electrons. The molecule has 0 fully saturated rings. The topological polar surface area (TPSA) is 81.1 Å². The molecule has 3 aromatic rings. The predicted molar refractivity (Wildman–Crippen MR) is 105 cm³/mol. The second-order valence-electron chi connectivity index (χ2n) is 6.83. The van der Waals surface area contributed by atoms with Crippen molar-refractivity contribution < 1.29 is 9.59 Å². The number of rotatable bonds is 5. The van der Waals surface area contributed by atoms with Crippen molar-refractivity contribution in [3.05, 3.63) is 70.1 Å². The maximum atomic E-state index is 13.0. The fourth-order valence-corrected chi connectivity index (χ4v) is 2.95. The normalized spacial score (nSPS) is 11.0. The standard InChI is InChI=1S/C21H21N3O3/c1-13(2)12-24-21(27)17-10-5-4-9-16(17)19(23-24)20(26)22-18-11-7-6-8-15(18)14(3)25/h4-11,13H,12H2,1-3H3,(H,22,26). The van der Waals surface area contributed by atoms with Gasteiger partial charge in [0.1, 0.15) is 0 Å². The lowest BCUT2D eigenvalue weighted by molar-refractivity contribution is 0.101. The van der Waals surface area contributed by atoms with Crippen LogP contribution in [0.15, 0.2) is 53.3 Å². The Hall–Kier alpha value is -3.28. The molecule has 6 heteroatoms. The lowest BCUT2D eigenvalue weighted by Crippen LogP contribution is -2.29. The number of anilines is 1. The summed E-state index contributed by atoms with van der Waals surface area (Å²) in [6, 6.07) is 13.7. The number of ketones is 1. The SMILES string of the molecule is CC(=O)c1ccccc1NC(=O)c1nn(CC(C)C)c(=O)c2ccccc12. The highest BCUT2D eigenvalue weighted by Gasteiger charge is 2.18. The zero-order valence-electron chi connectivity index (χ0n) is 15.5. The highest BCUT2D eigenvalue weighted by molar-refractivity contribution is 6.13. The van der Waals surface area contributed by atoms with Crippen LogP contribution in [0.1, 0.15) is 41.6 Å². The molecule has 0 aliphatic carbocycles. The lowest BCUT2D eigenvalue weighted by atomic mass is 10.1. The first-order valence-corrected chi connectivity index (χ1v) is 8.79. The summed E-state index contributed by atoms with van der Waals surface area (Å²) in [6.45, 7) is 5.81. The quantitative estimate of drug-likeness (QED) is 0.704. The first kappa shape index (κ1) is 18.5. The van der Waals surface area contributed by atoms with Crippen molar-refractivity contribution in [3.63, 3.8) is 0 Å². The molecular weight excluding hydrogens is 342 g/mol. The number of carbonyl (C=O) groups is 2. The number of benzene rings is 2. The number of aromatic nitrogens is 2. The fraction of sp³-hybridized carbons (Fsp3) is 0.238. The Morgan fingerprint density at radius 2 is 1.67 bits per heavy atom. The number of fused-ring (bicyclic) bond motifs is 1. The summed E-state index contributed by atoms with van der Waals surface area (Å²) in [5.74, 6) is -0.406. The minimum Gasteiger partial charge on any atom is -0.320 e. The van der Waals surface area contributed by atoms with Gasteiger partial charge in [-0.2, -0.15) is 5.10 Å². The Balaban J connectivity index is 2.11. The number of hydrogen-bond acceptors (Lipinski definition) is 4. The van der Waals surface area contributed by atoms with Gasteiger partial charge in [-0.1, -0.05) is 44.2 Å². The van der Waals surface area contributed by atoms with E-state index in [1.165, 1.54) is 11.6 Å². The van der Waals surface area contributed by atoms with Gasteiger partial charge in [0.05, 0.1) is 11.1 Å². The first-order valence-electron chi connectivity index (χ1n) is 8.79. The van der Waals surface area contributed by atoms with Crippen LogP contribution in [0.4, 0.5) is 5.69 Å². The molecule has 138 valence electrons. The third-order valence-electron chi connectivity index (χ3n) is 4.18. The smallest absolute Gasteiger partial charge is 0.276 e. The third kappa shape index (κ3) is 3.79. The average Bonchev–Trinajstić information content (AvgIpc) is 2.64. The molecule has 2 aromatic carbocycles. The molecule has 0 atom stereocenters. The van der Waals surface area contributed by atoms with E-state index in [0.29, 0.717) is 28.6 Å². The number of nitrogens with zero attached hydrogens (tertiary/aromatic N) is 2. The van der Waals surface area contributed by atoms with Gasteiger partial charge < -0.3 is 5.32 Å². The van der Waals surface area contributed by atoms with Crippen molar-refractivity contribution in [2.75, 3.05) is 5.32 Å². The molecule has 1 N–H and O–H groups in total. The van der Waals surface area contributed by atoms with Crippen LogP contribution in [0.25, 0.3) is 10.8 Å². The summed E-state index contributed by atoms with van der Waals surface area (Å²) < 4.78 is 1.33. The molecule has 1 aromatic heterocycles. The van der Waals surface area contributed by atoms with Crippen LogP contribution in [0.3, 0.4) is 0 Å². The Bertz CT molecular complexity index is 1080. The van der Waals surface area contributed by atoms with E-state index in [4.69, 9.17) is 0 Å². The minimum absolute atomic E-state index is 0.145. The van der Waals surface area contributed by atoms with E-state index in [1.54, 1.807) is 48.5 Å². The van der Waals surface area contributed by atoms with Crippen LogP contribution in [-0.2, 0) is 6.54 Å².